The Morgan fingerprint density at radius 3 is 2.73 bits per heavy atom. The Bertz CT molecular complexity index is 215. The van der Waals surface area contributed by atoms with Gasteiger partial charge in [0.1, 0.15) is 0 Å². The van der Waals surface area contributed by atoms with Crippen LogP contribution < -0.4 is 10.6 Å². The van der Waals surface area contributed by atoms with Crippen LogP contribution >= 0.6 is 11.8 Å². The second-order valence-electron chi connectivity index (χ2n) is 3.95. The van der Waals surface area contributed by atoms with E-state index in [0.29, 0.717) is 0 Å². The van der Waals surface area contributed by atoms with Gasteiger partial charge in [0.15, 0.2) is 0 Å². The normalized spacial score (nSPS) is 22.5. The topological polar surface area (TPSA) is 81.6 Å². The third-order valence-electron chi connectivity index (χ3n) is 2.36. The molecule has 0 bridgehead atoms. The fourth-order valence-electron chi connectivity index (χ4n) is 1.25. The van der Waals surface area contributed by atoms with Gasteiger partial charge in [0.25, 0.3) is 0 Å². The Hall–Kier alpha value is -0.300. The summed E-state index contributed by atoms with van der Waals surface area (Å²) in [5.41, 5.74) is -0.930. The fourth-order valence-corrected chi connectivity index (χ4v) is 2.18. The molecule has 0 aromatic carbocycles. The van der Waals surface area contributed by atoms with Crippen molar-refractivity contribution in [1.29, 1.82) is 0 Å². The van der Waals surface area contributed by atoms with Crippen LogP contribution in [-0.2, 0) is 4.79 Å². The number of hydrogen-bond acceptors (Lipinski definition) is 5. The molecular formula is C9H18N2O3S. The Balaban J connectivity index is 2.46. The molecule has 1 amide bonds. The SMILES string of the molecule is CC(CO)(CO)NC(=O)C1CSCCN1. The maximum absolute atomic E-state index is 11.7. The molecule has 0 aromatic heterocycles. The number of carbonyl (C=O) groups excluding carboxylic acids is 1. The Kier molecular flexibility index (Phi) is 4.85. The second kappa shape index (κ2) is 5.69. The molecule has 0 aromatic rings. The van der Waals surface area contributed by atoms with E-state index in [0.717, 1.165) is 18.1 Å². The van der Waals surface area contributed by atoms with Gasteiger partial charge in [-0.05, 0) is 6.92 Å². The highest BCUT2D eigenvalue weighted by molar-refractivity contribution is 7.99. The van der Waals surface area contributed by atoms with Gasteiger partial charge in [0, 0.05) is 18.1 Å². The lowest BCUT2D eigenvalue weighted by Crippen LogP contribution is -2.58. The van der Waals surface area contributed by atoms with Crippen LogP contribution in [0.5, 0.6) is 0 Å². The molecule has 1 aliphatic rings. The van der Waals surface area contributed by atoms with Crippen molar-refractivity contribution in [3.05, 3.63) is 0 Å². The number of aliphatic hydroxyl groups is 2. The smallest absolute Gasteiger partial charge is 0.238 e. The van der Waals surface area contributed by atoms with E-state index in [1.807, 2.05) is 0 Å². The molecule has 1 rings (SSSR count). The molecular weight excluding hydrogens is 216 g/mol. The molecule has 1 saturated heterocycles. The summed E-state index contributed by atoms with van der Waals surface area (Å²) in [6.45, 7) is 1.89. The average molecular weight is 234 g/mol. The van der Waals surface area contributed by atoms with Crippen LogP contribution in [0.15, 0.2) is 0 Å². The Morgan fingerprint density at radius 2 is 2.27 bits per heavy atom. The van der Waals surface area contributed by atoms with Crippen molar-refractivity contribution >= 4 is 17.7 Å². The van der Waals surface area contributed by atoms with E-state index in [4.69, 9.17) is 10.2 Å². The minimum Gasteiger partial charge on any atom is -0.394 e. The molecule has 1 atom stereocenters. The van der Waals surface area contributed by atoms with Gasteiger partial charge in [0.05, 0.1) is 24.8 Å². The molecule has 1 unspecified atom stereocenters. The quantitative estimate of drug-likeness (QED) is 0.478. The van der Waals surface area contributed by atoms with Gasteiger partial charge in [-0.15, -0.1) is 0 Å². The van der Waals surface area contributed by atoms with Crippen LogP contribution in [0.3, 0.4) is 0 Å². The molecule has 4 N–H and O–H groups in total. The number of thioether (sulfide) groups is 1. The van der Waals surface area contributed by atoms with E-state index < -0.39 is 5.54 Å². The number of amides is 1. The van der Waals surface area contributed by atoms with Crippen molar-refractivity contribution in [2.24, 2.45) is 0 Å². The van der Waals surface area contributed by atoms with Gasteiger partial charge in [0.2, 0.25) is 5.91 Å². The first-order chi connectivity index (χ1) is 7.11. The fraction of sp³-hybridized carbons (Fsp3) is 0.889. The van der Waals surface area contributed by atoms with E-state index in [9.17, 15) is 4.79 Å². The van der Waals surface area contributed by atoms with Crippen molar-refractivity contribution in [2.45, 2.75) is 18.5 Å². The second-order valence-corrected chi connectivity index (χ2v) is 5.10. The number of carbonyl (C=O) groups is 1. The van der Waals surface area contributed by atoms with Crippen molar-refractivity contribution in [1.82, 2.24) is 10.6 Å². The lowest BCUT2D eigenvalue weighted by Gasteiger charge is -2.30. The minimum atomic E-state index is -0.930. The molecule has 15 heavy (non-hydrogen) atoms. The van der Waals surface area contributed by atoms with E-state index in [2.05, 4.69) is 10.6 Å². The molecule has 1 aliphatic heterocycles. The van der Waals surface area contributed by atoms with E-state index >= 15 is 0 Å². The van der Waals surface area contributed by atoms with Crippen molar-refractivity contribution in [2.75, 3.05) is 31.3 Å². The predicted molar refractivity (Wildman–Crippen MR) is 59.8 cm³/mol. The zero-order chi connectivity index (χ0) is 11.3. The summed E-state index contributed by atoms with van der Waals surface area (Å²) in [7, 11) is 0. The molecule has 0 radical (unpaired) electrons. The van der Waals surface area contributed by atoms with E-state index in [1.54, 1.807) is 18.7 Å². The van der Waals surface area contributed by atoms with Gasteiger partial charge in [-0.2, -0.15) is 11.8 Å². The highest BCUT2D eigenvalue weighted by Gasteiger charge is 2.29. The van der Waals surface area contributed by atoms with Crippen molar-refractivity contribution in [3.63, 3.8) is 0 Å². The highest BCUT2D eigenvalue weighted by atomic mass is 32.2. The molecule has 0 aliphatic carbocycles. The summed E-state index contributed by atoms with van der Waals surface area (Å²) in [6.07, 6.45) is 0. The lowest BCUT2D eigenvalue weighted by molar-refractivity contribution is -0.125. The Morgan fingerprint density at radius 1 is 1.60 bits per heavy atom. The summed E-state index contributed by atoms with van der Waals surface area (Å²) in [6, 6.07) is -0.221. The molecule has 6 heteroatoms. The Labute approximate surface area is 93.6 Å². The van der Waals surface area contributed by atoms with Crippen LogP contribution in [0, 0.1) is 0 Å². The average Bonchev–Trinajstić information content (AvgIpc) is 2.30. The molecule has 88 valence electrons. The highest BCUT2D eigenvalue weighted by Crippen LogP contribution is 2.09. The summed E-state index contributed by atoms with van der Waals surface area (Å²) in [5.74, 6) is 1.59. The van der Waals surface area contributed by atoms with Gasteiger partial charge >= 0.3 is 0 Å². The first kappa shape index (κ1) is 12.8. The standard InChI is InChI=1S/C9H18N2O3S/c1-9(5-12,6-13)11-8(14)7-4-15-3-2-10-7/h7,10,12-13H,2-6H2,1H3,(H,11,14). The lowest BCUT2D eigenvalue weighted by atomic mass is 10.0. The van der Waals surface area contributed by atoms with Crippen LogP contribution in [0.2, 0.25) is 0 Å². The largest absolute Gasteiger partial charge is 0.394 e. The minimum absolute atomic E-state index is 0.159. The van der Waals surface area contributed by atoms with Crippen LogP contribution in [0.25, 0.3) is 0 Å². The number of nitrogens with one attached hydrogen (secondary N) is 2. The third kappa shape index (κ3) is 3.64. The molecule has 5 nitrogen and oxygen atoms in total. The van der Waals surface area contributed by atoms with E-state index in [1.165, 1.54) is 0 Å². The summed E-state index contributed by atoms with van der Waals surface area (Å²) in [5, 5.41) is 23.8. The van der Waals surface area contributed by atoms with Gasteiger partial charge in [-0.3, -0.25) is 4.79 Å². The molecule has 0 saturated carbocycles. The van der Waals surface area contributed by atoms with E-state index in [-0.39, 0.29) is 25.2 Å². The first-order valence-electron chi connectivity index (χ1n) is 4.96. The molecule has 1 fully saturated rings. The summed E-state index contributed by atoms with van der Waals surface area (Å²) >= 11 is 1.72. The van der Waals surface area contributed by atoms with Crippen LogP contribution in [-0.4, -0.2) is 59.0 Å². The maximum atomic E-state index is 11.7. The summed E-state index contributed by atoms with van der Waals surface area (Å²) < 4.78 is 0. The van der Waals surface area contributed by atoms with Crippen LogP contribution in [0.1, 0.15) is 6.92 Å². The van der Waals surface area contributed by atoms with Crippen molar-refractivity contribution in [3.8, 4) is 0 Å². The number of rotatable bonds is 4. The number of hydrogen-bond donors (Lipinski definition) is 4. The zero-order valence-corrected chi connectivity index (χ0v) is 9.64. The van der Waals surface area contributed by atoms with Gasteiger partial charge < -0.3 is 20.8 Å². The summed E-state index contributed by atoms with van der Waals surface area (Å²) in [4.78, 5) is 11.7. The maximum Gasteiger partial charge on any atom is 0.238 e. The van der Waals surface area contributed by atoms with Crippen LogP contribution in [0.4, 0.5) is 0 Å². The third-order valence-corrected chi connectivity index (χ3v) is 3.42. The first-order valence-corrected chi connectivity index (χ1v) is 6.11. The van der Waals surface area contributed by atoms with Crippen molar-refractivity contribution < 1.29 is 15.0 Å². The molecule has 1 heterocycles. The monoisotopic (exact) mass is 234 g/mol. The zero-order valence-electron chi connectivity index (χ0n) is 8.82. The van der Waals surface area contributed by atoms with Gasteiger partial charge in [-0.25, -0.2) is 0 Å². The predicted octanol–water partition coefficient (Wildman–Crippen LogP) is -1.45. The van der Waals surface area contributed by atoms with Gasteiger partial charge in [-0.1, -0.05) is 0 Å². The number of aliphatic hydroxyl groups excluding tert-OH is 2. The molecule has 0 spiro atoms.